The van der Waals surface area contributed by atoms with E-state index in [0.717, 1.165) is 0 Å². The van der Waals surface area contributed by atoms with E-state index in [9.17, 15) is 13.5 Å². The van der Waals surface area contributed by atoms with Gasteiger partial charge in [0.25, 0.3) is 0 Å². The van der Waals surface area contributed by atoms with Crippen LogP contribution in [0, 0.1) is 5.92 Å². The van der Waals surface area contributed by atoms with Crippen molar-refractivity contribution in [1.82, 2.24) is 9.71 Å². The van der Waals surface area contributed by atoms with Crippen molar-refractivity contribution < 1.29 is 13.5 Å². The lowest BCUT2D eigenvalue weighted by Gasteiger charge is -2.15. The molecule has 0 bridgehead atoms. The highest BCUT2D eigenvalue weighted by Crippen LogP contribution is 2.19. The number of aliphatic hydroxyl groups is 1. The van der Waals surface area contributed by atoms with Crippen molar-refractivity contribution >= 4 is 32.5 Å². The highest BCUT2D eigenvalue weighted by molar-refractivity contribution is 7.89. The molecule has 1 atom stereocenters. The van der Waals surface area contributed by atoms with Crippen LogP contribution in [0.4, 0.5) is 0 Å². The van der Waals surface area contributed by atoms with E-state index < -0.39 is 16.1 Å². The Morgan fingerprint density at radius 2 is 2.00 bits per heavy atom. The van der Waals surface area contributed by atoms with Crippen molar-refractivity contribution in [3.63, 3.8) is 0 Å². The van der Waals surface area contributed by atoms with Crippen LogP contribution < -0.4 is 4.72 Å². The number of halogens is 1. The maximum absolute atomic E-state index is 12.2. The fourth-order valence-electron chi connectivity index (χ4n) is 1.76. The molecule has 2 N–H and O–H groups in total. The van der Waals surface area contributed by atoms with Crippen LogP contribution in [0.15, 0.2) is 35.2 Å². The van der Waals surface area contributed by atoms with Crippen LogP contribution in [-0.2, 0) is 10.0 Å². The molecule has 0 aliphatic heterocycles. The van der Waals surface area contributed by atoms with Crippen molar-refractivity contribution in [1.29, 1.82) is 0 Å². The molecule has 1 unspecified atom stereocenters. The second-order valence-corrected chi connectivity index (χ2v) is 7.31. The number of rotatable bonds is 5. The van der Waals surface area contributed by atoms with E-state index in [2.05, 4.69) is 9.71 Å². The Hall–Kier alpha value is -1.21. The minimum absolute atomic E-state index is 0.0170. The van der Waals surface area contributed by atoms with Gasteiger partial charge in [-0.2, -0.15) is 0 Å². The van der Waals surface area contributed by atoms with Crippen molar-refractivity contribution in [3.8, 4) is 0 Å². The zero-order valence-corrected chi connectivity index (χ0v) is 13.3. The number of fused-ring (bicyclic) bond motifs is 1. The van der Waals surface area contributed by atoms with Crippen molar-refractivity contribution in [3.05, 3.63) is 35.5 Å². The number of nitrogens with zero attached hydrogens (tertiary/aromatic N) is 1. The maximum atomic E-state index is 12.2. The molecular weight excluding hydrogens is 312 g/mol. The summed E-state index contributed by atoms with van der Waals surface area (Å²) in [6.45, 7) is 3.63. The third kappa shape index (κ3) is 3.91. The normalized spacial score (nSPS) is 13.8. The number of nitrogens with one attached hydrogen (secondary N) is 1. The van der Waals surface area contributed by atoms with Crippen LogP contribution >= 0.6 is 11.6 Å². The third-order valence-corrected chi connectivity index (χ3v) is 4.82. The second kappa shape index (κ2) is 6.27. The number of aliphatic hydroxyl groups excluding tert-OH is 1. The summed E-state index contributed by atoms with van der Waals surface area (Å²) in [5.74, 6) is -0.0179. The van der Waals surface area contributed by atoms with E-state index in [0.29, 0.717) is 16.1 Å². The average molecular weight is 329 g/mol. The molecule has 2 rings (SSSR count). The molecule has 0 aliphatic carbocycles. The van der Waals surface area contributed by atoms with Gasteiger partial charge >= 0.3 is 0 Å². The third-order valence-electron chi connectivity index (χ3n) is 3.19. The van der Waals surface area contributed by atoms with E-state index in [1.54, 1.807) is 18.2 Å². The molecule has 1 heterocycles. The number of hydrogen-bond acceptors (Lipinski definition) is 4. The Balaban J connectivity index is 2.26. The predicted molar refractivity (Wildman–Crippen MR) is 82.8 cm³/mol. The molecule has 7 heteroatoms. The van der Waals surface area contributed by atoms with Crippen LogP contribution in [-0.4, -0.2) is 31.2 Å². The number of pyridine rings is 1. The predicted octanol–water partition coefficient (Wildman–Crippen LogP) is 2.18. The van der Waals surface area contributed by atoms with Crippen LogP contribution in [0.5, 0.6) is 0 Å². The fourth-order valence-corrected chi connectivity index (χ4v) is 3.00. The number of sulfonamides is 1. The molecule has 2 aromatic rings. The Bertz CT molecular complexity index is 747. The smallest absolute Gasteiger partial charge is 0.240 e. The zero-order valence-electron chi connectivity index (χ0n) is 11.7. The quantitative estimate of drug-likeness (QED) is 0.824. The number of benzene rings is 1. The van der Waals surface area contributed by atoms with Crippen LogP contribution in [0.25, 0.3) is 10.9 Å². The van der Waals surface area contributed by atoms with E-state index >= 15 is 0 Å². The first-order valence-electron chi connectivity index (χ1n) is 6.53. The molecule has 0 spiro atoms. The van der Waals surface area contributed by atoms with Gasteiger partial charge in [0, 0.05) is 11.9 Å². The molecule has 0 fully saturated rings. The summed E-state index contributed by atoms with van der Waals surface area (Å²) in [7, 11) is -3.66. The molecule has 0 saturated heterocycles. The Labute approximate surface area is 129 Å². The summed E-state index contributed by atoms with van der Waals surface area (Å²) in [4.78, 5) is 4.24. The molecule has 5 nitrogen and oxygen atoms in total. The Morgan fingerprint density at radius 3 is 2.67 bits per heavy atom. The summed E-state index contributed by atoms with van der Waals surface area (Å²) in [5, 5.41) is 10.7. The van der Waals surface area contributed by atoms with Gasteiger partial charge in [0.05, 0.1) is 16.5 Å². The number of aromatic nitrogens is 1. The van der Waals surface area contributed by atoms with Crippen molar-refractivity contribution in [2.75, 3.05) is 6.54 Å². The molecule has 21 heavy (non-hydrogen) atoms. The van der Waals surface area contributed by atoms with E-state index in [-0.39, 0.29) is 17.4 Å². The topological polar surface area (TPSA) is 79.3 Å². The van der Waals surface area contributed by atoms with Gasteiger partial charge in [0.15, 0.2) is 0 Å². The van der Waals surface area contributed by atoms with E-state index in [1.807, 2.05) is 13.8 Å². The maximum Gasteiger partial charge on any atom is 0.240 e. The average Bonchev–Trinajstić information content (AvgIpc) is 2.44. The first-order valence-corrected chi connectivity index (χ1v) is 8.40. The molecule has 0 amide bonds. The summed E-state index contributed by atoms with van der Waals surface area (Å²) >= 11 is 5.79. The van der Waals surface area contributed by atoms with Gasteiger partial charge in [-0.3, -0.25) is 0 Å². The van der Waals surface area contributed by atoms with Gasteiger partial charge in [0.2, 0.25) is 10.0 Å². The Morgan fingerprint density at radius 1 is 1.29 bits per heavy atom. The molecule has 0 saturated carbocycles. The number of hydrogen-bond donors (Lipinski definition) is 2. The molecule has 114 valence electrons. The lowest BCUT2D eigenvalue weighted by molar-refractivity contribution is 0.129. The second-order valence-electron chi connectivity index (χ2n) is 5.15. The largest absolute Gasteiger partial charge is 0.391 e. The lowest BCUT2D eigenvalue weighted by atomic mass is 10.1. The van der Waals surface area contributed by atoms with Crippen LogP contribution in [0.3, 0.4) is 0 Å². The summed E-state index contributed by atoms with van der Waals surface area (Å²) in [6, 6.07) is 7.93. The summed E-state index contributed by atoms with van der Waals surface area (Å²) in [5.41, 5.74) is 0.628. The SMILES string of the molecule is CC(C)C(O)CNS(=O)(=O)c1ccc2nc(Cl)ccc2c1. The van der Waals surface area contributed by atoms with Gasteiger partial charge < -0.3 is 5.11 Å². The molecule has 1 aromatic carbocycles. The van der Waals surface area contributed by atoms with Gasteiger partial charge in [-0.25, -0.2) is 18.1 Å². The van der Waals surface area contributed by atoms with Gasteiger partial charge in [-0.1, -0.05) is 25.4 Å². The van der Waals surface area contributed by atoms with E-state index in [4.69, 9.17) is 11.6 Å². The minimum Gasteiger partial charge on any atom is -0.391 e. The van der Waals surface area contributed by atoms with Crippen molar-refractivity contribution in [2.45, 2.75) is 24.8 Å². The first-order chi connectivity index (χ1) is 9.79. The first kappa shape index (κ1) is 16.2. The lowest BCUT2D eigenvalue weighted by Crippen LogP contribution is -2.34. The van der Waals surface area contributed by atoms with Gasteiger partial charge in [-0.15, -0.1) is 0 Å². The van der Waals surface area contributed by atoms with Crippen LogP contribution in [0.2, 0.25) is 5.15 Å². The van der Waals surface area contributed by atoms with Gasteiger partial charge in [0.1, 0.15) is 5.15 Å². The standard InChI is InChI=1S/C14H17ClN2O3S/c1-9(2)13(18)8-16-21(19,20)11-4-5-12-10(7-11)3-6-14(15)17-12/h3-7,9,13,16,18H,8H2,1-2H3. The van der Waals surface area contributed by atoms with Crippen LogP contribution in [0.1, 0.15) is 13.8 Å². The molecule has 1 aromatic heterocycles. The highest BCUT2D eigenvalue weighted by atomic mass is 35.5. The monoisotopic (exact) mass is 328 g/mol. The van der Waals surface area contributed by atoms with Crippen molar-refractivity contribution in [2.24, 2.45) is 5.92 Å². The minimum atomic E-state index is -3.66. The zero-order chi connectivity index (χ0) is 15.6. The van der Waals surface area contributed by atoms with Gasteiger partial charge in [-0.05, 0) is 36.2 Å². The Kier molecular flexibility index (Phi) is 4.83. The fraction of sp³-hybridized carbons (Fsp3) is 0.357. The highest BCUT2D eigenvalue weighted by Gasteiger charge is 2.17. The van der Waals surface area contributed by atoms with E-state index in [1.165, 1.54) is 12.1 Å². The summed E-state index contributed by atoms with van der Waals surface area (Å²) in [6.07, 6.45) is -0.722. The molecular formula is C14H17ClN2O3S. The summed E-state index contributed by atoms with van der Waals surface area (Å²) < 4.78 is 26.8. The molecule has 0 aliphatic rings. The molecule has 0 radical (unpaired) electrons.